The lowest BCUT2D eigenvalue weighted by atomic mass is 10.1. The molecule has 2 aromatic carbocycles. The van der Waals surface area contributed by atoms with Gasteiger partial charge in [0.05, 0.1) is 6.61 Å². The maximum atomic E-state index is 5.79. The van der Waals surface area contributed by atoms with Crippen LogP contribution in [0.15, 0.2) is 48.5 Å². The number of hydrogen-bond acceptors (Lipinski definition) is 2. The van der Waals surface area contributed by atoms with E-state index in [2.05, 4.69) is 43.3 Å². The molecule has 0 saturated heterocycles. The second kappa shape index (κ2) is 8.35. The molecule has 0 fully saturated rings. The smallest absolute Gasteiger partial charge is 0.119 e. The fourth-order valence-corrected chi connectivity index (χ4v) is 2.28. The van der Waals surface area contributed by atoms with Gasteiger partial charge in [0.25, 0.3) is 0 Å². The van der Waals surface area contributed by atoms with Crippen molar-refractivity contribution in [1.82, 2.24) is 0 Å². The minimum atomic E-state index is 0.749. The first-order valence-electron chi connectivity index (χ1n) is 7.84. The minimum Gasteiger partial charge on any atom is -0.494 e. The number of hydrogen-bond donors (Lipinski definition) is 1. The molecule has 2 N–H and O–H groups in total. The first kappa shape index (κ1) is 15.4. The Morgan fingerprint density at radius 1 is 0.810 bits per heavy atom. The van der Waals surface area contributed by atoms with Crippen molar-refractivity contribution in [3.63, 3.8) is 0 Å². The second-order valence-electron chi connectivity index (χ2n) is 5.44. The quantitative estimate of drug-likeness (QED) is 0.566. The van der Waals surface area contributed by atoms with Crippen molar-refractivity contribution in [3.8, 4) is 5.75 Å². The van der Waals surface area contributed by atoms with Crippen LogP contribution in [0, 0.1) is 0 Å². The fraction of sp³-hybridized carbons (Fsp3) is 0.368. The molecular formula is C19H25NO. The zero-order chi connectivity index (χ0) is 14.9. The van der Waals surface area contributed by atoms with Crippen LogP contribution < -0.4 is 10.5 Å². The van der Waals surface area contributed by atoms with Crippen molar-refractivity contribution in [2.45, 2.75) is 39.0 Å². The third kappa shape index (κ3) is 5.50. The molecule has 21 heavy (non-hydrogen) atoms. The van der Waals surface area contributed by atoms with Crippen LogP contribution in [-0.2, 0) is 12.8 Å². The van der Waals surface area contributed by atoms with Crippen LogP contribution >= 0.6 is 0 Å². The zero-order valence-electron chi connectivity index (χ0n) is 12.8. The van der Waals surface area contributed by atoms with Crippen LogP contribution in [0.3, 0.4) is 0 Å². The lowest BCUT2D eigenvalue weighted by Gasteiger charge is -2.07. The molecule has 0 aromatic heterocycles. The Labute approximate surface area is 127 Å². The van der Waals surface area contributed by atoms with Gasteiger partial charge in [0, 0.05) is 5.69 Å². The maximum absolute atomic E-state index is 5.79. The predicted molar refractivity (Wildman–Crippen MR) is 89.7 cm³/mol. The Morgan fingerprint density at radius 3 is 2.00 bits per heavy atom. The molecule has 0 unspecified atom stereocenters. The molecule has 2 nitrogen and oxygen atoms in total. The molecule has 2 aromatic rings. The largest absolute Gasteiger partial charge is 0.494 e. The van der Waals surface area contributed by atoms with E-state index >= 15 is 0 Å². The normalized spacial score (nSPS) is 10.5. The highest BCUT2D eigenvalue weighted by Crippen LogP contribution is 2.15. The highest BCUT2D eigenvalue weighted by atomic mass is 16.5. The summed E-state index contributed by atoms with van der Waals surface area (Å²) in [7, 11) is 0. The number of aryl methyl sites for hydroxylation is 2. The second-order valence-corrected chi connectivity index (χ2v) is 5.44. The molecule has 0 aliphatic carbocycles. The first-order valence-corrected chi connectivity index (χ1v) is 7.84. The summed E-state index contributed by atoms with van der Waals surface area (Å²) >= 11 is 0. The summed E-state index contributed by atoms with van der Waals surface area (Å²) < 4.78 is 5.79. The molecule has 0 radical (unpaired) electrons. The summed E-state index contributed by atoms with van der Waals surface area (Å²) in [5.74, 6) is 0.965. The minimum absolute atomic E-state index is 0.749. The highest BCUT2D eigenvalue weighted by Gasteiger charge is 1.97. The van der Waals surface area contributed by atoms with Crippen molar-refractivity contribution in [3.05, 3.63) is 59.7 Å². The van der Waals surface area contributed by atoms with E-state index in [4.69, 9.17) is 10.5 Å². The Morgan fingerprint density at radius 2 is 1.38 bits per heavy atom. The lowest BCUT2D eigenvalue weighted by molar-refractivity contribution is 0.311. The topological polar surface area (TPSA) is 35.2 Å². The van der Waals surface area contributed by atoms with Crippen LogP contribution in [-0.4, -0.2) is 6.61 Å². The lowest BCUT2D eigenvalue weighted by Crippen LogP contribution is -1.99. The molecule has 0 aliphatic rings. The van der Waals surface area contributed by atoms with E-state index in [9.17, 15) is 0 Å². The number of nitrogen functional groups attached to an aromatic ring is 1. The Kier molecular flexibility index (Phi) is 6.14. The Bertz CT molecular complexity index is 516. The van der Waals surface area contributed by atoms with Crippen LogP contribution in [0.4, 0.5) is 5.69 Å². The van der Waals surface area contributed by atoms with Gasteiger partial charge in [0.1, 0.15) is 5.75 Å². The molecular weight excluding hydrogens is 258 g/mol. The van der Waals surface area contributed by atoms with Crippen LogP contribution in [0.25, 0.3) is 0 Å². The van der Waals surface area contributed by atoms with Crippen LogP contribution in [0.2, 0.25) is 0 Å². The van der Waals surface area contributed by atoms with E-state index in [1.165, 1.54) is 24.0 Å². The van der Waals surface area contributed by atoms with Crippen molar-refractivity contribution in [2.24, 2.45) is 0 Å². The number of anilines is 1. The summed E-state index contributed by atoms with van der Waals surface area (Å²) in [4.78, 5) is 0. The summed E-state index contributed by atoms with van der Waals surface area (Å²) in [5, 5.41) is 0. The van der Waals surface area contributed by atoms with E-state index in [0.29, 0.717) is 0 Å². The van der Waals surface area contributed by atoms with Gasteiger partial charge < -0.3 is 10.5 Å². The van der Waals surface area contributed by atoms with Crippen molar-refractivity contribution >= 4 is 5.69 Å². The summed E-state index contributed by atoms with van der Waals surface area (Å²) in [6.45, 7) is 2.97. The Hall–Kier alpha value is -1.96. The highest BCUT2D eigenvalue weighted by molar-refractivity contribution is 5.39. The zero-order valence-corrected chi connectivity index (χ0v) is 12.8. The summed E-state index contributed by atoms with van der Waals surface area (Å²) in [6.07, 6.45) is 5.69. The monoisotopic (exact) mass is 283 g/mol. The number of benzene rings is 2. The molecule has 0 aliphatic heterocycles. The number of ether oxygens (including phenoxy) is 1. The van der Waals surface area contributed by atoms with E-state index in [1.807, 2.05) is 12.1 Å². The van der Waals surface area contributed by atoms with Gasteiger partial charge in [-0.3, -0.25) is 0 Å². The van der Waals surface area contributed by atoms with Crippen LogP contribution in [0.1, 0.15) is 37.3 Å². The SMILES string of the molecule is CCCCc1ccc(OCCCc2ccc(N)cc2)cc1. The third-order valence-corrected chi connectivity index (χ3v) is 3.60. The van der Waals surface area contributed by atoms with Gasteiger partial charge in [-0.05, 0) is 61.1 Å². The maximum Gasteiger partial charge on any atom is 0.119 e. The van der Waals surface area contributed by atoms with E-state index < -0.39 is 0 Å². The molecule has 0 amide bonds. The summed E-state index contributed by atoms with van der Waals surface area (Å²) in [5.41, 5.74) is 9.20. The molecule has 112 valence electrons. The average molecular weight is 283 g/mol. The van der Waals surface area contributed by atoms with Gasteiger partial charge in [-0.15, -0.1) is 0 Å². The third-order valence-electron chi connectivity index (χ3n) is 3.60. The molecule has 0 bridgehead atoms. The molecule has 0 spiro atoms. The van der Waals surface area contributed by atoms with E-state index in [1.54, 1.807) is 0 Å². The van der Waals surface area contributed by atoms with Gasteiger partial charge in [0.15, 0.2) is 0 Å². The fourth-order valence-electron chi connectivity index (χ4n) is 2.28. The molecule has 2 heteroatoms. The first-order chi connectivity index (χ1) is 10.3. The predicted octanol–water partition coefficient (Wildman–Crippen LogP) is 4.62. The van der Waals surface area contributed by atoms with Crippen molar-refractivity contribution in [2.75, 3.05) is 12.3 Å². The number of nitrogens with two attached hydrogens (primary N) is 1. The Balaban J connectivity index is 1.69. The van der Waals surface area contributed by atoms with Crippen molar-refractivity contribution < 1.29 is 4.74 Å². The average Bonchev–Trinajstić information content (AvgIpc) is 2.52. The number of rotatable bonds is 8. The standard InChI is InChI=1S/C19H25NO/c1-2-3-5-16-9-13-19(14-10-16)21-15-4-6-17-7-11-18(20)12-8-17/h7-14H,2-6,15,20H2,1H3. The molecule has 0 atom stereocenters. The number of unbranched alkanes of at least 4 members (excludes halogenated alkanes) is 1. The van der Waals surface area contributed by atoms with Crippen molar-refractivity contribution in [1.29, 1.82) is 0 Å². The van der Waals surface area contributed by atoms with Gasteiger partial charge in [-0.2, -0.15) is 0 Å². The van der Waals surface area contributed by atoms with Gasteiger partial charge in [-0.1, -0.05) is 37.6 Å². The molecule has 0 saturated carbocycles. The summed E-state index contributed by atoms with van der Waals surface area (Å²) in [6, 6.07) is 16.6. The van der Waals surface area contributed by atoms with Gasteiger partial charge >= 0.3 is 0 Å². The van der Waals surface area contributed by atoms with Gasteiger partial charge in [-0.25, -0.2) is 0 Å². The van der Waals surface area contributed by atoms with E-state index in [0.717, 1.165) is 37.3 Å². The van der Waals surface area contributed by atoms with Gasteiger partial charge in [0.2, 0.25) is 0 Å². The molecule has 2 rings (SSSR count). The van der Waals surface area contributed by atoms with Crippen LogP contribution in [0.5, 0.6) is 5.75 Å². The van der Waals surface area contributed by atoms with E-state index in [-0.39, 0.29) is 0 Å². The molecule has 0 heterocycles.